The molecular formula is C14H12ClNO4. The van der Waals surface area contributed by atoms with Gasteiger partial charge in [0.05, 0.1) is 0 Å². The van der Waals surface area contributed by atoms with E-state index in [0.29, 0.717) is 5.56 Å². The Balaban J connectivity index is 2.35. The van der Waals surface area contributed by atoms with Crippen molar-refractivity contribution in [3.05, 3.63) is 69.8 Å². The van der Waals surface area contributed by atoms with Gasteiger partial charge in [-0.05, 0) is 6.08 Å². The van der Waals surface area contributed by atoms with Gasteiger partial charge in [0.1, 0.15) is 0 Å². The van der Waals surface area contributed by atoms with Crippen LogP contribution in [0.25, 0.3) is 0 Å². The first kappa shape index (κ1) is 14.4. The van der Waals surface area contributed by atoms with E-state index < -0.39 is 16.0 Å². The Labute approximate surface area is 120 Å². The molecule has 1 aliphatic carbocycles. The van der Waals surface area contributed by atoms with Crippen molar-refractivity contribution >= 4 is 17.4 Å². The van der Waals surface area contributed by atoms with Gasteiger partial charge in [-0.25, -0.2) is 0 Å². The second-order valence-electron chi connectivity index (χ2n) is 4.28. The Bertz CT molecular complexity index is 596. The maximum atomic E-state index is 12.2. The van der Waals surface area contributed by atoms with Crippen LogP contribution in [-0.4, -0.2) is 28.9 Å². The van der Waals surface area contributed by atoms with Gasteiger partial charge in [-0.15, -0.1) is 0 Å². The number of nitrogens with zero attached hydrogens (tertiary/aromatic N) is 1. The van der Waals surface area contributed by atoms with E-state index in [1.165, 1.54) is 25.3 Å². The van der Waals surface area contributed by atoms with Crippen molar-refractivity contribution in [1.82, 2.24) is 0 Å². The summed E-state index contributed by atoms with van der Waals surface area (Å²) in [5, 5.41) is 9.52. The van der Waals surface area contributed by atoms with E-state index in [0.717, 1.165) is 0 Å². The molecule has 0 fully saturated rings. The van der Waals surface area contributed by atoms with E-state index in [1.54, 1.807) is 30.3 Å². The third-order valence-corrected chi connectivity index (χ3v) is 3.57. The van der Waals surface area contributed by atoms with E-state index in [9.17, 15) is 14.9 Å². The first-order valence-electron chi connectivity index (χ1n) is 5.86. The fourth-order valence-corrected chi connectivity index (χ4v) is 2.15. The predicted molar refractivity (Wildman–Crippen MR) is 74.4 cm³/mol. The highest BCUT2D eigenvalue weighted by Gasteiger charge is 2.45. The van der Waals surface area contributed by atoms with Gasteiger partial charge in [-0.3, -0.25) is 14.9 Å². The first-order valence-corrected chi connectivity index (χ1v) is 6.24. The summed E-state index contributed by atoms with van der Waals surface area (Å²) >= 11 is 6.03. The number of nitro groups is 1. The summed E-state index contributed by atoms with van der Waals surface area (Å²) in [6.07, 6.45) is 4.01. The van der Waals surface area contributed by atoms with E-state index in [1.807, 2.05) is 0 Å². The number of carbonyl (C=O) groups is 1. The van der Waals surface area contributed by atoms with E-state index in [-0.39, 0.29) is 11.4 Å². The topological polar surface area (TPSA) is 69.4 Å². The fourth-order valence-electron chi connectivity index (χ4n) is 1.94. The van der Waals surface area contributed by atoms with Crippen LogP contribution in [0.4, 0.5) is 0 Å². The Kier molecular flexibility index (Phi) is 4.01. The number of rotatable bonds is 4. The molecule has 5 nitrogen and oxygen atoms in total. The lowest BCUT2D eigenvalue weighted by Crippen LogP contribution is -2.43. The summed E-state index contributed by atoms with van der Waals surface area (Å²) in [5.41, 5.74) is 0.691. The van der Waals surface area contributed by atoms with Crippen LogP contribution in [-0.2, 0) is 4.74 Å². The molecule has 1 aliphatic rings. The van der Waals surface area contributed by atoms with Crippen molar-refractivity contribution in [3.63, 3.8) is 0 Å². The molecule has 2 atom stereocenters. The van der Waals surface area contributed by atoms with Crippen LogP contribution in [0.1, 0.15) is 10.4 Å². The van der Waals surface area contributed by atoms with Gasteiger partial charge >= 0.3 is 0 Å². The molecule has 20 heavy (non-hydrogen) atoms. The SMILES string of the molecule is COC1(Cl)C=CC(C(=O)c2ccccc2)=CC1[N+](=O)[O-]. The van der Waals surface area contributed by atoms with Gasteiger partial charge in [0, 0.05) is 29.2 Å². The van der Waals surface area contributed by atoms with E-state index in [2.05, 4.69) is 0 Å². The predicted octanol–water partition coefficient (Wildman–Crippen LogP) is 2.59. The monoisotopic (exact) mass is 293 g/mol. The minimum absolute atomic E-state index is 0.228. The number of carbonyl (C=O) groups excluding carboxylic acids is 1. The molecule has 0 spiro atoms. The van der Waals surface area contributed by atoms with Crippen LogP contribution in [0.15, 0.2) is 54.1 Å². The molecule has 0 aromatic heterocycles. The van der Waals surface area contributed by atoms with Crippen LogP contribution >= 0.6 is 11.6 Å². The minimum atomic E-state index is -1.57. The molecule has 0 bridgehead atoms. The maximum absolute atomic E-state index is 12.2. The van der Waals surface area contributed by atoms with Crippen molar-refractivity contribution in [2.24, 2.45) is 0 Å². The Morgan fingerprint density at radius 2 is 2.05 bits per heavy atom. The number of methoxy groups -OCH3 is 1. The van der Waals surface area contributed by atoms with Gasteiger partial charge in [0.2, 0.25) is 5.06 Å². The molecular weight excluding hydrogens is 282 g/mol. The number of hydrogen-bond donors (Lipinski definition) is 0. The van der Waals surface area contributed by atoms with Gasteiger partial charge in [0.15, 0.2) is 5.78 Å². The highest BCUT2D eigenvalue weighted by Crippen LogP contribution is 2.31. The van der Waals surface area contributed by atoms with Gasteiger partial charge < -0.3 is 4.74 Å². The summed E-state index contributed by atoms with van der Waals surface area (Å²) in [5.74, 6) is -0.288. The molecule has 0 N–H and O–H groups in total. The quantitative estimate of drug-likeness (QED) is 0.370. The van der Waals surface area contributed by atoms with Crippen molar-refractivity contribution in [3.8, 4) is 0 Å². The Morgan fingerprint density at radius 1 is 1.40 bits per heavy atom. The fraction of sp³-hybridized carbons (Fsp3) is 0.214. The average molecular weight is 294 g/mol. The van der Waals surface area contributed by atoms with Gasteiger partial charge in [-0.1, -0.05) is 48.0 Å². The van der Waals surface area contributed by atoms with Gasteiger partial charge in [-0.2, -0.15) is 0 Å². The molecule has 0 heterocycles. The molecule has 2 unspecified atom stereocenters. The molecule has 6 heteroatoms. The Morgan fingerprint density at radius 3 is 2.60 bits per heavy atom. The van der Waals surface area contributed by atoms with Crippen molar-refractivity contribution in [1.29, 1.82) is 0 Å². The summed E-state index contributed by atoms with van der Waals surface area (Å²) < 4.78 is 4.97. The third kappa shape index (κ3) is 2.64. The van der Waals surface area contributed by atoms with Crippen LogP contribution in [0.3, 0.4) is 0 Å². The highest BCUT2D eigenvalue weighted by atomic mass is 35.5. The standard InChI is InChI=1S/C14H12ClNO4/c1-20-14(15)8-7-11(9-12(14)16(18)19)13(17)10-5-3-2-4-6-10/h2-9,12H,1H3. The first-order chi connectivity index (χ1) is 9.48. The molecule has 1 aromatic carbocycles. The number of halogens is 1. The van der Waals surface area contributed by atoms with Crippen molar-refractivity contribution in [2.75, 3.05) is 7.11 Å². The normalized spacial score (nSPS) is 25.1. The molecule has 0 radical (unpaired) electrons. The number of benzene rings is 1. The number of ketones is 1. The zero-order chi connectivity index (χ0) is 14.8. The molecule has 1 aromatic rings. The summed E-state index contributed by atoms with van der Waals surface area (Å²) in [6, 6.07) is 7.23. The second-order valence-corrected chi connectivity index (χ2v) is 4.87. The highest BCUT2D eigenvalue weighted by molar-refractivity contribution is 6.25. The number of allylic oxidation sites excluding steroid dienone is 2. The van der Waals surface area contributed by atoms with E-state index >= 15 is 0 Å². The zero-order valence-electron chi connectivity index (χ0n) is 10.7. The minimum Gasteiger partial charge on any atom is -0.353 e. The van der Waals surface area contributed by atoms with Gasteiger partial charge in [0.25, 0.3) is 6.04 Å². The van der Waals surface area contributed by atoms with Crippen LogP contribution in [0.5, 0.6) is 0 Å². The van der Waals surface area contributed by atoms with Crippen LogP contribution < -0.4 is 0 Å². The number of hydrogen-bond acceptors (Lipinski definition) is 4. The smallest absolute Gasteiger partial charge is 0.278 e. The Hall–Kier alpha value is -1.98. The number of ether oxygens (including phenoxy) is 1. The second kappa shape index (κ2) is 5.56. The lowest BCUT2D eigenvalue weighted by atomic mass is 9.94. The molecule has 0 saturated heterocycles. The zero-order valence-corrected chi connectivity index (χ0v) is 11.4. The average Bonchev–Trinajstić information content (AvgIpc) is 2.47. The molecule has 104 valence electrons. The summed E-state index contributed by atoms with van der Waals surface area (Å²) in [4.78, 5) is 22.8. The lowest BCUT2D eigenvalue weighted by Gasteiger charge is -2.26. The molecule has 0 amide bonds. The summed E-state index contributed by atoms with van der Waals surface area (Å²) in [7, 11) is 1.28. The van der Waals surface area contributed by atoms with Crippen molar-refractivity contribution in [2.45, 2.75) is 11.1 Å². The third-order valence-electron chi connectivity index (χ3n) is 3.07. The summed E-state index contributed by atoms with van der Waals surface area (Å²) in [6.45, 7) is 0. The van der Waals surface area contributed by atoms with Crippen LogP contribution in [0.2, 0.25) is 0 Å². The number of alkyl halides is 1. The van der Waals surface area contributed by atoms with Crippen molar-refractivity contribution < 1.29 is 14.5 Å². The maximum Gasteiger partial charge on any atom is 0.278 e. The number of Topliss-reactive ketones (excluding diaryl/α,β-unsaturated/α-hetero) is 1. The van der Waals surface area contributed by atoms with E-state index in [4.69, 9.17) is 16.3 Å². The largest absolute Gasteiger partial charge is 0.353 e. The molecule has 2 rings (SSSR count). The van der Waals surface area contributed by atoms with Crippen LogP contribution in [0, 0.1) is 10.1 Å². The lowest BCUT2D eigenvalue weighted by molar-refractivity contribution is -0.523. The molecule has 0 aliphatic heterocycles. The molecule has 0 saturated carbocycles.